The van der Waals surface area contributed by atoms with Crippen molar-refractivity contribution < 1.29 is 9.59 Å². The molecule has 0 aromatic heterocycles. The number of carbonyl (C=O) groups is 2. The number of ketones is 2. The van der Waals surface area contributed by atoms with Gasteiger partial charge in [-0.2, -0.15) is 0 Å². The first-order valence-corrected chi connectivity index (χ1v) is 34.8. The molecule has 2 nitrogen and oxygen atoms in total. The molecular formula is C74H138O2. The van der Waals surface area contributed by atoms with Gasteiger partial charge >= 0.3 is 0 Å². The highest BCUT2D eigenvalue weighted by Crippen LogP contribution is 2.17. The smallest absolute Gasteiger partial charge is 0.129 e. The second-order valence-corrected chi connectivity index (χ2v) is 23.7. The first-order chi connectivity index (χ1) is 37.5. The second kappa shape index (κ2) is 73.0. The number of hydrogen-bond acceptors (Lipinski definition) is 2. The third-order valence-corrected chi connectivity index (χ3v) is 15.6. The third kappa shape index (κ3) is 78.5. The van der Waals surface area contributed by atoms with Gasteiger partial charge in [-0.1, -0.05) is 293 Å². The van der Waals surface area contributed by atoms with E-state index in [0.717, 1.165) is 25.7 Å². The van der Waals surface area contributed by atoms with Gasteiger partial charge in [0.2, 0.25) is 0 Å². The van der Waals surface area contributed by atoms with Crippen LogP contribution in [0.4, 0.5) is 0 Å². The highest BCUT2D eigenvalue weighted by Gasteiger charge is 1.98. The summed E-state index contributed by atoms with van der Waals surface area (Å²) in [5, 5.41) is 0. The fraction of sp³-hybridized carbons (Fsp3) is 0.838. The molecule has 0 aromatic carbocycles. The van der Waals surface area contributed by atoms with E-state index in [9.17, 15) is 9.59 Å². The fourth-order valence-electron chi connectivity index (χ4n) is 10.4. The minimum Gasteiger partial charge on any atom is -0.300 e. The Kier molecular flexibility index (Phi) is 73.1. The number of Topliss-reactive ketones (excluding diaryl/α,β-unsaturated/α-hetero) is 2. The van der Waals surface area contributed by atoms with Crippen LogP contribution in [0.3, 0.4) is 0 Å². The van der Waals surface area contributed by atoms with Crippen LogP contribution in [-0.2, 0) is 9.59 Å². The molecule has 0 atom stereocenters. The first kappa shape index (κ1) is 76.1. The van der Waals surface area contributed by atoms with Crippen LogP contribution in [0.5, 0.6) is 0 Å². The van der Waals surface area contributed by atoms with Gasteiger partial charge in [-0.3, -0.25) is 0 Å². The summed E-state index contributed by atoms with van der Waals surface area (Å²) in [5.74, 6) is 0.673. The zero-order chi connectivity index (χ0) is 55.2. The van der Waals surface area contributed by atoms with E-state index >= 15 is 0 Å². The summed E-state index contributed by atoms with van der Waals surface area (Å²) in [7, 11) is 0. The molecule has 0 aliphatic heterocycles. The molecule has 0 radical (unpaired) electrons. The minimum absolute atomic E-state index is 0.328. The Morgan fingerprint density at radius 3 is 0.461 bits per heavy atom. The minimum atomic E-state index is 0.328. The van der Waals surface area contributed by atoms with Gasteiger partial charge < -0.3 is 9.59 Å². The summed E-state index contributed by atoms with van der Waals surface area (Å²) in [4.78, 5) is 21.8. The summed E-state index contributed by atoms with van der Waals surface area (Å²) >= 11 is 0. The maximum absolute atomic E-state index is 10.9. The molecule has 0 spiro atoms. The summed E-state index contributed by atoms with van der Waals surface area (Å²) in [6.07, 6.45) is 102. The molecule has 76 heavy (non-hydrogen) atoms. The van der Waals surface area contributed by atoms with Crippen molar-refractivity contribution in [3.8, 4) is 0 Å². The van der Waals surface area contributed by atoms with Gasteiger partial charge in [-0.05, 0) is 155 Å². The second-order valence-electron chi connectivity index (χ2n) is 23.7. The number of unbranched alkanes of at least 4 members (excludes halogenated alkanes) is 49. The van der Waals surface area contributed by atoms with E-state index in [2.05, 4.69) is 74.6 Å². The molecule has 0 amide bonds. The molecule has 0 bridgehead atoms. The first-order valence-electron chi connectivity index (χ1n) is 34.8. The Balaban J connectivity index is 0. The molecule has 0 aliphatic rings. The predicted octanol–water partition coefficient (Wildman–Crippen LogP) is 26.6. The molecule has 2 heteroatoms. The molecule has 0 aromatic rings. The standard InChI is InChI=1S/C37H70O.C37H68O/c2*1-3-4-5-6-7-8-9-10-11-12-13-14-15-16-17-18-19-20-21-22-23-24-25-26-27-28-29-30-31-32-33-34-35-36-37(2)38/h16-17,23-24H,3-15,18-22,25-36H2,1-2H3;16-17,23-24,30-31H,3-15,18-22,25-29,32-36H2,1-2H3/b17-16+,24-23+;17-16+,24-23+,31-30+. The van der Waals surface area contributed by atoms with E-state index in [1.54, 1.807) is 13.8 Å². The van der Waals surface area contributed by atoms with Crippen LogP contribution in [0.25, 0.3) is 0 Å². The van der Waals surface area contributed by atoms with Gasteiger partial charge in [-0.25, -0.2) is 0 Å². The lowest BCUT2D eigenvalue weighted by Gasteiger charge is -2.02. The molecule has 0 heterocycles. The molecule has 0 fully saturated rings. The average Bonchev–Trinajstić information content (AvgIpc) is 3.41. The van der Waals surface area contributed by atoms with Crippen LogP contribution < -0.4 is 0 Å². The largest absolute Gasteiger partial charge is 0.300 e. The molecule has 446 valence electrons. The van der Waals surface area contributed by atoms with Crippen LogP contribution >= 0.6 is 0 Å². The van der Waals surface area contributed by atoms with Gasteiger partial charge in [0.15, 0.2) is 0 Å². The normalized spacial score (nSPS) is 11.9. The fourth-order valence-corrected chi connectivity index (χ4v) is 10.4. The molecule has 0 aliphatic carbocycles. The molecule has 0 saturated carbocycles. The highest BCUT2D eigenvalue weighted by molar-refractivity contribution is 5.75. The van der Waals surface area contributed by atoms with Crippen LogP contribution in [0.2, 0.25) is 0 Å². The van der Waals surface area contributed by atoms with E-state index in [1.165, 1.54) is 347 Å². The highest BCUT2D eigenvalue weighted by atomic mass is 16.1. The van der Waals surface area contributed by atoms with Gasteiger partial charge in [-0.15, -0.1) is 0 Å². The maximum Gasteiger partial charge on any atom is 0.129 e. The molecule has 0 rings (SSSR count). The number of carbonyl (C=O) groups excluding carboxylic acids is 2. The predicted molar refractivity (Wildman–Crippen MR) is 346 cm³/mol. The Bertz CT molecular complexity index is 1230. The van der Waals surface area contributed by atoms with E-state index in [0.29, 0.717) is 11.6 Å². The SMILES string of the molecule is CCCCCCCCCCCCCC/C=C/CCCCC/C=C/CCCCC/C=C/CCCCCC(C)=O.CCCCCCCCCCCCCC/C=C/CCCCC/C=C/CCCCCCCCCCCCC(C)=O. The molecule has 0 saturated heterocycles. The summed E-state index contributed by atoms with van der Waals surface area (Å²) in [6, 6.07) is 0. The molecule has 0 unspecified atom stereocenters. The lowest BCUT2D eigenvalue weighted by molar-refractivity contribution is -0.117. The lowest BCUT2D eigenvalue weighted by atomic mass is 10.0. The number of allylic oxidation sites excluding steroid dienone is 10. The number of hydrogen-bond donors (Lipinski definition) is 0. The van der Waals surface area contributed by atoms with Crippen LogP contribution in [0.1, 0.15) is 400 Å². The van der Waals surface area contributed by atoms with Gasteiger partial charge in [0.1, 0.15) is 11.6 Å². The quantitative estimate of drug-likeness (QED) is 0.0449. The Hall–Kier alpha value is -1.96. The van der Waals surface area contributed by atoms with Crippen molar-refractivity contribution in [2.75, 3.05) is 0 Å². The topological polar surface area (TPSA) is 34.1 Å². The Labute approximate surface area is 479 Å². The van der Waals surface area contributed by atoms with Gasteiger partial charge in [0, 0.05) is 12.8 Å². The van der Waals surface area contributed by atoms with Crippen LogP contribution in [0.15, 0.2) is 60.8 Å². The summed E-state index contributed by atoms with van der Waals surface area (Å²) in [6.45, 7) is 7.99. The Morgan fingerprint density at radius 1 is 0.184 bits per heavy atom. The maximum atomic E-state index is 10.9. The van der Waals surface area contributed by atoms with E-state index < -0.39 is 0 Å². The third-order valence-electron chi connectivity index (χ3n) is 15.6. The van der Waals surface area contributed by atoms with E-state index in [4.69, 9.17) is 0 Å². The number of rotatable bonds is 63. The van der Waals surface area contributed by atoms with E-state index in [-0.39, 0.29) is 0 Å². The molecular weight excluding hydrogens is 921 g/mol. The zero-order valence-electron chi connectivity index (χ0n) is 52.6. The molecule has 0 N–H and O–H groups in total. The van der Waals surface area contributed by atoms with Gasteiger partial charge in [0.25, 0.3) is 0 Å². The monoisotopic (exact) mass is 1060 g/mol. The van der Waals surface area contributed by atoms with Crippen molar-refractivity contribution in [1.29, 1.82) is 0 Å². The zero-order valence-corrected chi connectivity index (χ0v) is 52.6. The average molecular weight is 1060 g/mol. The van der Waals surface area contributed by atoms with Crippen molar-refractivity contribution in [3.05, 3.63) is 60.8 Å². The van der Waals surface area contributed by atoms with Crippen LogP contribution in [-0.4, -0.2) is 11.6 Å². The summed E-state index contributed by atoms with van der Waals surface area (Å²) in [5.41, 5.74) is 0. The lowest BCUT2D eigenvalue weighted by Crippen LogP contribution is -1.89. The van der Waals surface area contributed by atoms with Crippen LogP contribution in [0, 0.1) is 0 Å². The van der Waals surface area contributed by atoms with Crippen molar-refractivity contribution >= 4 is 11.6 Å². The van der Waals surface area contributed by atoms with Crippen molar-refractivity contribution in [3.63, 3.8) is 0 Å². The van der Waals surface area contributed by atoms with Gasteiger partial charge in [0.05, 0.1) is 0 Å². The van der Waals surface area contributed by atoms with Crippen molar-refractivity contribution in [2.45, 2.75) is 400 Å². The summed E-state index contributed by atoms with van der Waals surface area (Å²) < 4.78 is 0. The van der Waals surface area contributed by atoms with E-state index in [1.807, 2.05) is 0 Å². The Morgan fingerprint density at radius 2 is 0.303 bits per heavy atom. The van der Waals surface area contributed by atoms with Crippen molar-refractivity contribution in [2.24, 2.45) is 0 Å². The van der Waals surface area contributed by atoms with Crippen molar-refractivity contribution in [1.82, 2.24) is 0 Å².